The van der Waals surface area contributed by atoms with Crippen molar-refractivity contribution in [3.63, 3.8) is 0 Å². The van der Waals surface area contributed by atoms with Crippen LogP contribution in [0.2, 0.25) is 0 Å². The molecule has 1 aliphatic carbocycles. The molecule has 21 heavy (non-hydrogen) atoms. The molecular weight excluding hydrogens is 276 g/mol. The van der Waals surface area contributed by atoms with Crippen molar-refractivity contribution in [2.75, 3.05) is 0 Å². The minimum Gasteiger partial charge on any atom is -0.481 e. The van der Waals surface area contributed by atoms with Gasteiger partial charge in [-0.1, -0.05) is 0 Å². The largest absolute Gasteiger partial charge is 0.481 e. The van der Waals surface area contributed by atoms with Gasteiger partial charge in [0.25, 0.3) is 0 Å². The Labute approximate surface area is 121 Å². The summed E-state index contributed by atoms with van der Waals surface area (Å²) >= 11 is 0. The first kappa shape index (κ1) is 15.1. The van der Waals surface area contributed by atoms with Gasteiger partial charge in [0.2, 0.25) is 11.8 Å². The average molecular weight is 294 g/mol. The van der Waals surface area contributed by atoms with Crippen LogP contribution < -0.4 is 10.6 Å². The number of amides is 2. The summed E-state index contributed by atoms with van der Waals surface area (Å²) in [5.41, 5.74) is 0. The number of carboxylic acid groups (broad SMARTS) is 1. The molecule has 3 atom stereocenters. The number of aliphatic carboxylic acids is 1. The van der Waals surface area contributed by atoms with E-state index in [9.17, 15) is 14.4 Å². The molecule has 7 nitrogen and oxygen atoms in total. The summed E-state index contributed by atoms with van der Waals surface area (Å²) < 4.78 is 5.08. The van der Waals surface area contributed by atoms with E-state index in [-0.39, 0.29) is 18.4 Å². The Kier molecular flexibility index (Phi) is 4.62. The van der Waals surface area contributed by atoms with Crippen molar-refractivity contribution >= 4 is 17.8 Å². The van der Waals surface area contributed by atoms with Crippen molar-refractivity contribution in [1.29, 1.82) is 0 Å². The molecule has 0 radical (unpaired) electrons. The van der Waals surface area contributed by atoms with Crippen molar-refractivity contribution in [2.24, 2.45) is 11.8 Å². The van der Waals surface area contributed by atoms with E-state index < -0.39 is 23.8 Å². The number of rotatable bonds is 6. The molecule has 2 amide bonds. The fraction of sp³-hybridized carbons (Fsp3) is 0.500. The number of nitrogens with one attached hydrogen (secondary N) is 2. The van der Waals surface area contributed by atoms with Gasteiger partial charge in [0.1, 0.15) is 11.8 Å². The van der Waals surface area contributed by atoms with Gasteiger partial charge in [-0.05, 0) is 31.9 Å². The van der Waals surface area contributed by atoms with Gasteiger partial charge in [-0.3, -0.25) is 14.4 Å². The summed E-state index contributed by atoms with van der Waals surface area (Å²) in [4.78, 5) is 34.6. The second kappa shape index (κ2) is 6.43. The van der Waals surface area contributed by atoms with Crippen LogP contribution in [0.4, 0.5) is 0 Å². The van der Waals surface area contributed by atoms with Crippen molar-refractivity contribution in [3.05, 3.63) is 24.2 Å². The van der Waals surface area contributed by atoms with Gasteiger partial charge in [-0.15, -0.1) is 0 Å². The number of carboxylic acids is 1. The van der Waals surface area contributed by atoms with E-state index in [2.05, 4.69) is 10.6 Å². The summed E-state index contributed by atoms with van der Waals surface area (Å²) in [5.74, 6) is -2.24. The Balaban J connectivity index is 1.77. The van der Waals surface area contributed by atoms with Crippen molar-refractivity contribution in [3.8, 4) is 0 Å². The first-order chi connectivity index (χ1) is 9.99. The third-order valence-electron chi connectivity index (χ3n) is 3.70. The van der Waals surface area contributed by atoms with Gasteiger partial charge in [0.05, 0.1) is 24.6 Å². The summed E-state index contributed by atoms with van der Waals surface area (Å²) in [5, 5.41) is 14.1. The number of carbonyl (C=O) groups excluding carboxylic acids is 2. The van der Waals surface area contributed by atoms with Gasteiger partial charge in [-0.25, -0.2) is 0 Å². The second-order valence-corrected chi connectivity index (χ2v) is 5.16. The molecule has 0 saturated heterocycles. The molecule has 3 unspecified atom stereocenters. The van der Waals surface area contributed by atoms with Crippen molar-refractivity contribution < 1.29 is 23.9 Å². The molecule has 2 rings (SSSR count). The molecule has 0 aromatic carbocycles. The van der Waals surface area contributed by atoms with E-state index >= 15 is 0 Å². The van der Waals surface area contributed by atoms with Crippen LogP contribution in [-0.2, 0) is 20.9 Å². The van der Waals surface area contributed by atoms with Crippen LogP contribution in [0.15, 0.2) is 22.8 Å². The Morgan fingerprint density at radius 3 is 2.62 bits per heavy atom. The summed E-state index contributed by atoms with van der Waals surface area (Å²) in [6.07, 6.45) is 2.56. The van der Waals surface area contributed by atoms with Crippen LogP contribution in [-0.4, -0.2) is 28.9 Å². The Morgan fingerprint density at radius 2 is 2.10 bits per heavy atom. The lowest BCUT2D eigenvalue weighted by atomic mass is 9.73. The lowest BCUT2D eigenvalue weighted by molar-refractivity contribution is -0.153. The van der Waals surface area contributed by atoms with Gasteiger partial charge in [0, 0.05) is 0 Å². The fourth-order valence-electron chi connectivity index (χ4n) is 2.24. The zero-order valence-electron chi connectivity index (χ0n) is 11.7. The zero-order valence-corrected chi connectivity index (χ0v) is 11.7. The van der Waals surface area contributed by atoms with E-state index in [0.29, 0.717) is 18.6 Å². The molecule has 0 spiro atoms. The second-order valence-electron chi connectivity index (χ2n) is 5.16. The third-order valence-corrected chi connectivity index (χ3v) is 3.70. The molecule has 7 heteroatoms. The molecule has 1 fully saturated rings. The third kappa shape index (κ3) is 3.62. The molecule has 1 heterocycles. The SMILES string of the molecule is CC(NC(=O)C1CCC1C(=O)O)C(=O)NCc1ccco1. The van der Waals surface area contributed by atoms with Crippen molar-refractivity contribution in [2.45, 2.75) is 32.4 Å². The average Bonchev–Trinajstić information content (AvgIpc) is 2.86. The molecule has 0 aliphatic heterocycles. The maximum Gasteiger partial charge on any atom is 0.307 e. The normalized spacial score (nSPS) is 22.0. The molecule has 1 aromatic rings. The van der Waals surface area contributed by atoms with Crippen LogP contribution in [0.1, 0.15) is 25.5 Å². The van der Waals surface area contributed by atoms with E-state index in [4.69, 9.17) is 9.52 Å². The number of hydrogen-bond acceptors (Lipinski definition) is 4. The molecule has 1 saturated carbocycles. The van der Waals surface area contributed by atoms with E-state index in [0.717, 1.165) is 0 Å². The standard InChI is InChI=1S/C14H18N2O5/c1-8(12(17)15-7-9-3-2-6-21-9)16-13(18)10-4-5-11(10)14(19)20/h2-3,6,8,10-11H,4-5,7H2,1H3,(H,15,17)(H,16,18)(H,19,20). The highest BCUT2D eigenvalue weighted by atomic mass is 16.4. The van der Waals surface area contributed by atoms with Crippen LogP contribution in [0.25, 0.3) is 0 Å². The van der Waals surface area contributed by atoms with E-state index in [1.807, 2.05) is 0 Å². The number of furan rings is 1. The smallest absolute Gasteiger partial charge is 0.307 e. The van der Waals surface area contributed by atoms with Crippen LogP contribution in [0.5, 0.6) is 0 Å². The molecule has 1 aromatic heterocycles. The highest BCUT2D eigenvalue weighted by molar-refractivity contribution is 5.91. The summed E-state index contributed by atoms with van der Waals surface area (Å²) in [6.45, 7) is 1.80. The molecular formula is C14H18N2O5. The van der Waals surface area contributed by atoms with Crippen molar-refractivity contribution in [1.82, 2.24) is 10.6 Å². The van der Waals surface area contributed by atoms with Gasteiger partial charge in [-0.2, -0.15) is 0 Å². The molecule has 0 bridgehead atoms. The molecule has 114 valence electrons. The Hall–Kier alpha value is -2.31. The van der Waals surface area contributed by atoms with Crippen LogP contribution >= 0.6 is 0 Å². The maximum atomic E-state index is 11.9. The Bertz CT molecular complexity index is 525. The number of hydrogen-bond donors (Lipinski definition) is 3. The first-order valence-corrected chi connectivity index (χ1v) is 6.82. The minimum atomic E-state index is -0.962. The van der Waals surface area contributed by atoms with Crippen LogP contribution in [0, 0.1) is 11.8 Å². The maximum absolute atomic E-state index is 11.9. The first-order valence-electron chi connectivity index (χ1n) is 6.82. The topological polar surface area (TPSA) is 109 Å². The fourth-order valence-corrected chi connectivity index (χ4v) is 2.24. The predicted octanol–water partition coefficient (Wildman–Crippen LogP) is 0.511. The summed E-state index contributed by atoms with van der Waals surface area (Å²) in [6, 6.07) is 2.73. The number of carbonyl (C=O) groups is 3. The Morgan fingerprint density at radius 1 is 1.38 bits per heavy atom. The predicted molar refractivity (Wildman–Crippen MR) is 72.0 cm³/mol. The van der Waals surface area contributed by atoms with E-state index in [1.165, 1.54) is 6.26 Å². The van der Waals surface area contributed by atoms with Gasteiger partial charge < -0.3 is 20.2 Å². The molecule has 3 N–H and O–H groups in total. The highest BCUT2D eigenvalue weighted by Gasteiger charge is 2.41. The monoisotopic (exact) mass is 294 g/mol. The quantitative estimate of drug-likeness (QED) is 0.708. The van der Waals surface area contributed by atoms with Crippen LogP contribution in [0.3, 0.4) is 0 Å². The highest BCUT2D eigenvalue weighted by Crippen LogP contribution is 2.34. The van der Waals surface area contributed by atoms with E-state index in [1.54, 1.807) is 19.1 Å². The van der Waals surface area contributed by atoms with Gasteiger partial charge in [0.15, 0.2) is 0 Å². The summed E-state index contributed by atoms with van der Waals surface area (Å²) in [7, 11) is 0. The zero-order chi connectivity index (χ0) is 15.4. The lowest BCUT2D eigenvalue weighted by Gasteiger charge is -2.32. The lowest BCUT2D eigenvalue weighted by Crippen LogP contribution is -2.50. The van der Waals surface area contributed by atoms with Gasteiger partial charge >= 0.3 is 5.97 Å². The molecule has 1 aliphatic rings. The minimum absolute atomic E-state index is 0.243.